The minimum Gasteiger partial charge on any atom is -0.445 e. The number of carbonyl (C=O) groups is 1. The SMILES string of the molecule is C=CC[C@@H](C[C@H]1O[C@@H](OC)[C@@H]2OC(C)(C)O[C@@H]21)N(Cc1ccccc1)C(=O)OCc1ccccc1. The highest BCUT2D eigenvalue weighted by molar-refractivity contribution is 5.68. The van der Waals surface area contributed by atoms with Gasteiger partial charge >= 0.3 is 6.09 Å². The summed E-state index contributed by atoms with van der Waals surface area (Å²) in [5.41, 5.74) is 1.95. The van der Waals surface area contributed by atoms with Gasteiger partial charge in [0.05, 0.1) is 6.10 Å². The molecule has 2 aliphatic rings. The first-order valence-electron chi connectivity index (χ1n) is 12.1. The Kier molecular flexibility index (Phi) is 8.23. The molecule has 2 saturated heterocycles. The Hall–Kier alpha value is -2.71. The molecule has 0 N–H and O–H groups in total. The Morgan fingerprint density at radius 3 is 2.31 bits per heavy atom. The smallest absolute Gasteiger partial charge is 0.410 e. The monoisotopic (exact) mass is 481 g/mol. The molecule has 2 fully saturated rings. The zero-order chi connectivity index (χ0) is 24.8. The number of hydrogen-bond acceptors (Lipinski definition) is 6. The molecular formula is C28H35NO6. The van der Waals surface area contributed by atoms with Gasteiger partial charge in [0.25, 0.3) is 0 Å². The summed E-state index contributed by atoms with van der Waals surface area (Å²) >= 11 is 0. The molecule has 0 spiro atoms. The lowest BCUT2D eigenvalue weighted by atomic mass is 9.99. The zero-order valence-electron chi connectivity index (χ0n) is 20.7. The maximum Gasteiger partial charge on any atom is 0.410 e. The molecule has 0 bridgehead atoms. The lowest BCUT2D eigenvalue weighted by Gasteiger charge is -2.33. The van der Waals surface area contributed by atoms with Crippen LogP contribution in [-0.4, -0.2) is 54.5 Å². The first-order valence-corrected chi connectivity index (χ1v) is 12.1. The lowest BCUT2D eigenvalue weighted by Crippen LogP contribution is -2.43. The molecule has 1 amide bonds. The average Bonchev–Trinajstić information content (AvgIpc) is 3.34. The van der Waals surface area contributed by atoms with Gasteiger partial charge in [0.15, 0.2) is 12.1 Å². The second kappa shape index (κ2) is 11.4. The van der Waals surface area contributed by atoms with E-state index in [2.05, 4.69) is 6.58 Å². The quantitative estimate of drug-likeness (QED) is 0.443. The molecule has 4 rings (SSSR count). The second-order valence-corrected chi connectivity index (χ2v) is 9.41. The predicted molar refractivity (Wildman–Crippen MR) is 131 cm³/mol. The molecule has 2 aromatic carbocycles. The predicted octanol–water partition coefficient (Wildman–Crippen LogP) is 5.05. The van der Waals surface area contributed by atoms with Crippen molar-refractivity contribution in [2.45, 2.75) is 76.3 Å². The molecule has 0 aromatic heterocycles. The van der Waals surface area contributed by atoms with Gasteiger partial charge in [-0.25, -0.2) is 4.79 Å². The van der Waals surface area contributed by atoms with Gasteiger partial charge in [0.1, 0.15) is 18.8 Å². The van der Waals surface area contributed by atoms with Gasteiger partial charge in [-0.3, -0.25) is 0 Å². The third-order valence-electron chi connectivity index (χ3n) is 6.36. The van der Waals surface area contributed by atoms with E-state index >= 15 is 0 Å². The third-order valence-corrected chi connectivity index (χ3v) is 6.36. The van der Waals surface area contributed by atoms with Crippen LogP contribution >= 0.6 is 0 Å². The van der Waals surface area contributed by atoms with Crippen LogP contribution in [0.25, 0.3) is 0 Å². The highest BCUT2D eigenvalue weighted by Crippen LogP contribution is 2.41. The highest BCUT2D eigenvalue weighted by Gasteiger charge is 2.56. The van der Waals surface area contributed by atoms with E-state index in [4.69, 9.17) is 23.7 Å². The summed E-state index contributed by atoms with van der Waals surface area (Å²) in [5.74, 6) is -0.722. The van der Waals surface area contributed by atoms with Crippen molar-refractivity contribution >= 4 is 6.09 Å². The van der Waals surface area contributed by atoms with Crippen molar-refractivity contribution in [2.75, 3.05) is 7.11 Å². The molecular weight excluding hydrogens is 446 g/mol. The maximum atomic E-state index is 13.4. The molecule has 188 valence electrons. The Bertz CT molecular complexity index is 966. The Labute approximate surface area is 207 Å². The van der Waals surface area contributed by atoms with E-state index in [1.807, 2.05) is 80.6 Å². The van der Waals surface area contributed by atoms with Gasteiger partial charge in [0.2, 0.25) is 0 Å². The van der Waals surface area contributed by atoms with Gasteiger partial charge in [-0.05, 0) is 37.8 Å². The molecule has 0 aliphatic carbocycles. The molecule has 0 unspecified atom stereocenters. The number of fused-ring (bicyclic) bond motifs is 1. The number of amides is 1. The van der Waals surface area contributed by atoms with Crippen LogP contribution in [-0.2, 0) is 36.8 Å². The molecule has 0 radical (unpaired) electrons. The molecule has 0 saturated carbocycles. The van der Waals surface area contributed by atoms with Gasteiger partial charge in [-0.15, -0.1) is 6.58 Å². The maximum absolute atomic E-state index is 13.4. The lowest BCUT2D eigenvalue weighted by molar-refractivity contribution is -0.228. The van der Waals surface area contributed by atoms with Crippen molar-refractivity contribution in [1.82, 2.24) is 4.90 Å². The fourth-order valence-electron chi connectivity index (χ4n) is 4.76. The van der Waals surface area contributed by atoms with Crippen molar-refractivity contribution in [3.8, 4) is 0 Å². The number of ether oxygens (including phenoxy) is 5. The van der Waals surface area contributed by atoms with Crippen LogP contribution in [0, 0.1) is 0 Å². The van der Waals surface area contributed by atoms with Crippen molar-refractivity contribution in [2.24, 2.45) is 0 Å². The molecule has 5 atom stereocenters. The number of carbonyl (C=O) groups excluding carboxylic acids is 1. The van der Waals surface area contributed by atoms with Crippen LogP contribution < -0.4 is 0 Å². The standard InChI is InChI=1S/C28H35NO6/c1-5-12-22(17-23-24-25(26(31-4)33-23)35-28(2,3)34-24)29(18-20-13-8-6-9-14-20)27(30)32-19-21-15-10-7-11-16-21/h5-11,13-16,22-26H,1,12,17-19H2,2-4H3/t22-,23+,24+,25+,26+/m0/s1. The minimum atomic E-state index is -0.722. The molecule has 2 aliphatic heterocycles. The zero-order valence-corrected chi connectivity index (χ0v) is 20.7. The fraction of sp³-hybridized carbons (Fsp3) is 0.464. The van der Waals surface area contributed by atoms with E-state index in [0.717, 1.165) is 11.1 Å². The normalized spacial score (nSPS) is 25.6. The van der Waals surface area contributed by atoms with Crippen LogP contribution in [0.2, 0.25) is 0 Å². The summed E-state index contributed by atoms with van der Waals surface area (Å²) in [6, 6.07) is 19.3. The molecule has 35 heavy (non-hydrogen) atoms. The largest absolute Gasteiger partial charge is 0.445 e. The summed E-state index contributed by atoms with van der Waals surface area (Å²) in [6.07, 6.45) is 1.10. The third kappa shape index (κ3) is 6.30. The second-order valence-electron chi connectivity index (χ2n) is 9.41. The Morgan fingerprint density at radius 2 is 1.69 bits per heavy atom. The fourth-order valence-corrected chi connectivity index (χ4v) is 4.76. The molecule has 2 aromatic rings. The summed E-state index contributed by atoms with van der Waals surface area (Å²) < 4.78 is 29.7. The van der Waals surface area contributed by atoms with Crippen molar-refractivity contribution in [1.29, 1.82) is 0 Å². The van der Waals surface area contributed by atoms with Gasteiger partial charge in [-0.2, -0.15) is 0 Å². The van der Waals surface area contributed by atoms with Crippen LogP contribution in [0.1, 0.15) is 37.8 Å². The number of nitrogens with zero attached hydrogens (tertiary/aromatic N) is 1. The van der Waals surface area contributed by atoms with Gasteiger partial charge < -0.3 is 28.6 Å². The van der Waals surface area contributed by atoms with Crippen LogP contribution in [0.3, 0.4) is 0 Å². The number of methoxy groups -OCH3 is 1. The van der Waals surface area contributed by atoms with E-state index < -0.39 is 12.1 Å². The van der Waals surface area contributed by atoms with Gasteiger partial charge in [0, 0.05) is 19.7 Å². The molecule has 2 heterocycles. The highest BCUT2D eigenvalue weighted by atomic mass is 16.8. The summed E-state index contributed by atoms with van der Waals surface area (Å²) in [4.78, 5) is 15.2. The Balaban J connectivity index is 1.53. The van der Waals surface area contributed by atoms with Crippen molar-refractivity contribution in [3.05, 3.63) is 84.4 Å². The molecule has 7 heteroatoms. The summed E-state index contributed by atoms with van der Waals surface area (Å²) in [6.45, 7) is 8.32. The van der Waals surface area contributed by atoms with Crippen LogP contribution in [0.5, 0.6) is 0 Å². The van der Waals surface area contributed by atoms with Crippen LogP contribution in [0.15, 0.2) is 73.3 Å². The first-order chi connectivity index (χ1) is 16.9. The number of hydrogen-bond donors (Lipinski definition) is 0. The summed E-state index contributed by atoms with van der Waals surface area (Å²) in [5, 5.41) is 0. The summed E-state index contributed by atoms with van der Waals surface area (Å²) in [7, 11) is 1.60. The number of benzene rings is 2. The average molecular weight is 482 g/mol. The number of rotatable bonds is 10. The van der Waals surface area contributed by atoms with E-state index in [1.54, 1.807) is 12.0 Å². The topological polar surface area (TPSA) is 66.5 Å². The van der Waals surface area contributed by atoms with E-state index in [0.29, 0.717) is 19.4 Å². The molecule has 7 nitrogen and oxygen atoms in total. The van der Waals surface area contributed by atoms with Gasteiger partial charge in [-0.1, -0.05) is 66.7 Å². The van der Waals surface area contributed by atoms with E-state index in [1.165, 1.54) is 0 Å². The van der Waals surface area contributed by atoms with E-state index in [9.17, 15) is 4.79 Å². The first kappa shape index (κ1) is 25.4. The Morgan fingerprint density at radius 1 is 1.06 bits per heavy atom. The van der Waals surface area contributed by atoms with Crippen molar-refractivity contribution < 1.29 is 28.5 Å². The van der Waals surface area contributed by atoms with Crippen LogP contribution in [0.4, 0.5) is 4.79 Å². The van der Waals surface area contributed by atoms with E-state index in [-0.39, 0.29) is 37.1 Å². The van der Waals surface area contributed by atoms with Crippen molar-refractivity contribution in [3.63, 3.8) is 0 Å². The minimum absolute atomic E-state index is 0.202.